The Kier molecular flexibility index (Phi) is 4.06. The van der Waals surface area contributed by atoms with E-state index < -0.39 is 0 Å². The first-order chi connectivity index (χ1) is 9.80. The molecule has 0 spiro atoms. The van der Waals surface area contributed by atoms with Gasteiger partial charge >= 0.3 is 0 Å². The average molecular weight is 285 g/mol. The van der Waals surface area contributed by atoms with Crippen LogP contribution in [0.3, 0.4) is 0 Å². The van der Waals surface area contributed by atoms with Crippen LogP contribution in [0.15, 0.2) is 18.5 Å². The van der Waals surface area contributed by atoms with E-state index in [9.17, 15) is 4.79 Å². The van der Waals surface area contributed by atoms with Crippen LogP contribution in [0.5, 0.6) is 0 Å². The third-order valence-electron chi connectivity index (χ3n) is 5.12. The van der Waals surface area contributed by atoms with Crippen LogP contribution in [-0.4, -0.2) is 24.0 Å². The van der Waals surface area contributed by atoms with E-state index in [-0.39, 0.29) is 16.7 Å². The number of hydrogen-bond donors (Lipinski definition) is 2. The summed E-state index contributed by atoms with van der Waals surface area (Å²) in [7, 11) is 0. The largest absolute Gasteiger partial charge is 0.352 e. The lowest BCUT2D eigenvalue weighted by atomic mass is 10.0. The number of rotatable bonds is 3. The van der Waals surface area contributed by atoms with E-state index in [1.807, 2.05) is 0 Å². The van der Waals surface area contributed by atoms with Gasteiger partial charge in [0.05, 0.1) is 12.1 Å². The first-order valence-corrected chi connectivity index (χ1v) is 7.23. The minimum atomic E-state index is -0.0996. The molecule has 1 aliphatic rings. The van der Waals surface area contributed by atoms with E-state index in [1.54, 1.807) is 18.5 Å². The van der Waals surface area contributed by atoms with E-state index in [1.165, 1.54) is 0 Å². The van der Waals surface area contributed by atoms with E-state index in [2.05, 4.69) is 49.8 Å². The summed E-state index contributed by atoms with van der Waals surface area (Å²) in [6.45, 7) is 9.96. The van der Waals surface area contributed by atoms with Gasteiger partial charge in [-0.25, -0.2) is 0 Å². The summed E-state index contributed by atoms with van der Waals surface area (Å²) in [5.74, 6) is 6.05. The lowest BCUT2D eigenvalue weighted by molar-refractivity contribution is 0.0949. The van der Waals surface area contributed by atoms with Crippen LogP contribution in [0, 0.1) is 28.6 Å². The van der Waals surface area contributed by atoms with Gasteiger partial charge in [0.15, 0.2) is 0 Å². The summed E-state index contributed by atoms with van der Waals surface area (Å²) in [6.07, 6.45) is 3.19. The maximum absolute atomic E-state index is 12.2. The molecule has 0 atom stereocenters. The molecule has 1 aromatic rings. The molecule has 21 heavy (non-hydrogen) atoms. The number of aromatic nitrogens is 1. The van der Waals surface area contributed by atoms with Gasteiger partial charge in [0.1, 0.15) is 0 Å². The Morgan fingerprint density at radius 2 is 2.00 bits per heavy atom. The van der Waals surface area contributed by atoms with Crippen molar-refractivity contribution < 1.29 is 4.79 Å². The number of hydrogen-bond acceptors (Lipinski definition) is 3. The predicted octanol–water partition coefficient (Wildman–Crippen LogP) is 1.80. The molecular formula is C17H23N3O. The first-order valence-electron chi connectivity index (χ1n) is 7.23. The van der Waals surface area contributed by atoms with Crippen molar-refractivity contribution in [2.75, 3.05) is 13.1 Å². The molecule has 2 rings (SSSR count). The van der Waals surface area contributed by atoms with Crippen LogP contribution in [0.25, 0.3) is 0 Å². The van der Waals surface area contributed by atoms with Crippen LogP contribution in [0.2, 0.25) is 0 Å². The molecule has 0 aliphatic heterocycles. The van der Waals surface area contributed by atoms with E-state index >= 15 is 0 Å². The highest BCUT2D eigenvalue weighted by Crippen LogP contribution is 2.67. The highest BCUT2D eigenvalue weighted by molar-refractivity contribution is 5.94. The summed E-state index contributed by atoms with van der Waals surface area (Å²) in [5, 5.41) is 3.00. The molecule has 3 N–H and O–H groups in total. The van der Waals surface area contributed by atoms with Gasteiger partial charge in [-0.2, -0.15) is 0 Å². The SMILES string of the molecule is CC1(C)C(CNC(=O)c2cncc(C#CCN)c2)C1(C)C. The van der Waals surface area contributed by atoms with Crippen molar-refractivity contribution in [1.82, 2.24) is 10.3 Å². The first kappa shape index (κ1) is 15.5. The van der Waals surface area contributed by atoms with Crippen molar-refractivity contribution in [1.29, 1.82) is 0 Å². The summed E-state index contributed by atoms with van der Waals surface area (Å²) in [6, 6.07) is 1.74. The molecule has 4 nitrogen and oxygen atoms in total. The van der Waals surface area contributed by atoms with Crippen LogP contribution < -0.4 is 11.1 Å². The van der Waals surface area contributed by atoms with Crippen molar-refractivity contribution in [3.63, 3.8) is 0 Å². The highest BCUT2D eigenvalue weighted by Gasteiger charge is 2.64. The number of pyridine rings is 1. The zero-order chi connectivity index (χ0) is 15.7. The Morgan fingerprint density at radius 1 is 1.33 bits per heavy atom. The minimum absolute atomic E-state index is 0.0996. The average Bonchev–Trinajstić information content (AvgIpc) is 2.84. The van der Waals surface area contributed by atoms with Gasteiger partial charge in [-0.1, -0.05) is 39.5 Å². The van der Waals surface area contributed by atoms with Crippen molar-refractivity contribution in [2.24, 2.45) is 22.5 Å². The normalized spacial score (nSPS) is 18.5. The summed E-state index contributed by atoms with van der Waals surface area (Å²) in [5.41, 5.74) is 7.13. The van der Waals surface area contributed by atoms with E-state index in [0.717, 1.165) is 0 Å². The van der Waals surface area contributed by atoms with Crippen molar-refractivity contribution in [2.45, 2.75) is 27.7 Å². The van der Waals surface area contributed by atoms with Gasteiger partial charge in [-0.3, -0.25) is 9.78 Å². The van der Waals surface area contributed by atoms with Crippen LogP contribution in [0.4, 0.5) is 0 Å². The molecule has 0 radical (unpaired) electrons. The molecule has 0 aromatic carbocycles. The quantitative estimate of drug-likeness (QED) is 0.832. The smallest absolute Gasteiger partial charge is 0.252 e. The number of nitrogens with two attached hydrogens (primary N) is 1. The Bertz CT molecular complexity index is 594. The minimum Gasteiger partial charge on any atom is -0.352 e. The van der Waals surface area contributed by atoms with Crippen molar-refractivity contribution in [3.05, 3.63) is 29.6 Å². The topological polar surface area (TPSA) is 68.0 Å². The Balaban J connectivity index is 1.99. The molecule has 1 saturated carbocycles. The monoisotopic (exact) mass is 285 g/mol. The second-order valence-electron chi connectivity index (χ2n) is 6.67. The molecule has 0 bridgehead atoms. The van der Waals surface area contributed by atoms with Crippen molar-refractivity contribution >= 4 is 5.91 Å². The predicted molar refractivity (Wildman–Crippen MR) is 83.6 cm³/mol. The third-order valence-corrected chi connectivity index (χ3v) is 5.12. The van der Waals surface area contributed by atoms with Crippen LogP contribution in [-0.2, 0) is 0 Å². The second kappa shape index (κ2) is 5.50. The lowest BCUT2D eigenvalue weighted by Crippen LogP contribution is -2.27. The van der Waals surface area contributed by atoms with Gasteiger partial charge < -0.3 is 11.1 Å². The highest BCUT2D eigenvalue weighted by atomic mass is 16.1. The number of carbonyl (C=O) groups excluding carboxylic acids is 1. The summed E-state index contributed by atoms with van der Waals surface area (Å²) in [4.78, 5) is 16.3. The Hall–Kier alpha value is -1.86. The second-order valence-corrected chi connectivity index (χ2v) is 6.67. The zero-order valence-electron chi connectivity index (χ0n) is 13.2. The van der Waals surface area contributed by atoms with Crippen LogP contribution >= 0.6 is 0 Å². The lowest BCUT2D eigenvalue weighted by Gasteiger charge is -2.06. The summed E-state index contributed by atoms with van der Waals surface area (Å²) < 4.78 is 0. The van der Waals surface area contributed by atoms with Gasteiger partial charge in [0, 0.05) is 24.5 Å². The molecular weight excluding hydrogens is 262 g/mol. The zero-order valence-corrected chi connectivity index (χ0v) is 13.2. The fourth-order valence-corrected chi connectivity index (χ4v) is 2.93. The van der Waals surface area contributed by atoms with Crippen molar-refractivity contribution in [3.8, 4) is 11.8 Å². The van der Waals surface area contributed by atoms with Gasteiger partial charge in [0.2, 0.25) is 0 Å². The Morgan fingerprint density at radius 3 is 2.57 bits per heavy atom. The molecule has 0 saturated heterocycles. The molecule has 112 valence electrons. The van der Waals surface area contributed by atoms with Crippen LogP contribution in [0.1, 0.15) is 43.6 Å². The fourth-order valence-electron chi connectivity index (χ4n) is 2.93. The molecule has 1 aromatic heterocycles. The van der Waals surface area contributed by atoms with Gasteiger partial charge in [-0.15, -0.1) is 0 Å². The Labute approximate surface area is 126 Å². The molecule has 4 heteroatoms. The number of carbonyl (C=O) groups is 1. The van der Waals surface area contributed by atoms with Gasteiger partial charge in [-0.05, 0) is 22.8 Å². The number of amides is 1. The maximum Gasteiger partial charge on any atom is 0.252 e. The molecule has 0 unspecified atom stereocenters. The van der Waals surface area contributed by atoms with E-state index in [4.69, 9.17) is 5.73 Å². The standard InChI is InChI=1S/C17H23N3O/c1-16(2)14(17(16,3)4)11-20-15(21)13-8-12(6-5-7-18)9-19-10-13/h8-10,14H,7,11,18H2,1-4H3,(H,20,21). The molecule has 1 aliphatic carbocycles. The number of nitrogens with zero attached hydrogens (tertiary/aromatic N) is 1. The molecule has 1 fully saturated rings. The summed E-state index contributed by atoms with van der Waals surface area (Å²) >= 11 is 0. The van der Waals surface area contributed by atoms with Gasteiger partial charge in [0.25, 0.3) is 5.91 Å². The number of nitrogens with one attached hydrogen (secondary N) is 1. The van der Waals surface area contributed by atoms with E-state index in [0.29, 0.717) is 30.1 Å². The maximum atomic E-state index is 12.2. The molecule has 1 heterocycles. The molecule has 1 amide bonds. The third kappa shape index (κ3) is 2.93. The fraction of sp³-hybridized carbons (Fsp3) is 0.529.